The Hall–Kier alpha value is -1.34. The van der Waals surface area contributed by atoms with Gasteiger partial charge in [-0.05, 0) is 31.6 Å². The van der Waals surface area contributed by atoms with Crippen molar-refractivity contribution >= 4 is 12.0 Å². The smallest absolute Gasteiger partial charge is 0.315 e. The second kappa shape index (κ2) is 10.4. The van der Waals surface area contributed by atoms with E-state index < -0.39 is 5.97 Å². The summed E-state index contributed by atoms with van der Waals surface area (Å²) in [5.74, 6) is -0.554. The summed E-state index contributed by atoms with van der Waals surface area (Å²) in [7, 11) is 1.63. The van der Waals surface area contributed by atoms with Gasteiger partial charge in [-0.2, -0.15) is 0 Å². The molecule has 1 saturated carbocycles. The van der Waals surface area contributed by atoms with E-state index >= 15 is 0 Å². The average molecular weight is 302 g/mol. The lowest BCUT2D eigenvalue weighted by Gasteiger charge is -2.16. The number of ether oxygens (including phenoxy) is 2. The molecule has 0 bridgehead atoms. The summed E-state index contributed by atoms with van der Waals surface area (Å²) >= 11 is 0. The van der Waals surface area contributed by atoms with Crippen molar-refractivity contribution in [2.45, 2.75) is 38.1 Å². The van der Waals surface area contributed by atoms with Gasteiger partial charge >= 0.3 is 12.0 Å². The number of rotatable bonds is 12. The molecule has 1 fully saturated rings. The number of urea groups is 1. The summed E-state index contributed by atoms with van der Waals surface area (Å²) in [5, 5.41) is 14.3. The maximum atomic E-state index is 11.7. The van der Waals surface area contributed by atoms with Crippen LogP contribution in [0.1, 0.15) is 32.1 Å². The fraction of sp³-hybridized carbons (Fsp3) is 0.857. The number of nitrogens with one attached hydrogen (secondary N) is 2. The molecular formula is C14H26N2O5. The Kier molecular flexibility index (Phi) is 8.77. The maximum absolute atomic E-state index is 11.7. The Labute approximate surface area is 125 Å². The number of carbonyl (C=O) groups excluding carboxylic acids is 1. The fourth-order valence-electron chi connectivity index (χ4n) is 2.02. The molecule has 0 aromatic rings. The number of amides is 2. The largest absolute Gasteiger partial charge is 0.481 e. The molecule has 1 unspecified atom stereocenters. The van der Waals surface area contributed by atoms with Crippen molar-refractivity contribution in [1.82, 2.24) is 10.6 Å². The first-order valence-corrected chi connectivity index (χ1v) is 7.46. The number of unbranched alkanes of at least 4 members (excludes halogenated alkanes) is 1. The molecule has 0 aliphatic heterocycles. The second-order valence-corrected chi connectivity index (χ2v) is 5.25. The van der Waals surface area contributed by atoms with Crippen molar-refractivity contribution in [3.8, 4) is 0 Å². The minimum absolute atomic E-state index is 0.00851. The van der Waals surface area contributed by atoms with Gasteiger partial charge in [-0.15, -0.1) is 0 Å². The van der Waals surface area contributed by atoms with Crippen LogP contribution in [0.15, 0.2) is 0 Å². The van der Waals surface area contributed by atoms with Gasteiger partial charge in [-0.25, -0.2) is 4.79 Å². The van der Waals surface area contributed by atoms with Crippen molar-refractivity contribution in [2.24, 2.45) is 5.92 Å². The van der Waals surface area contributed by atoms with E-state index in [9.17, 15) is 9.59 Å². The van der Waals surface area contributed by atoms with E-state index in [2.05, 4.69) is 10.6 Å². The first-order valence-electron chi connectivity index (χ1n) is 7.46. The van der Waals surface area contributed by atoms with Gasteiger partial charge in [0.25, 0.3) is 0 Å². The highest BCUT2D eigenvalue weighted by Gasteiger charge is 2.33. The number of methoxy groups -OCH3 is 1. The van der Waals surface area contributed by atoms with Gasteiger partial charge in [0.1, 0.15) is 0 Å². The molecule has 2 amide bonds. The minimum atomic E-state index is -0.875. The van der Waals surface area contributed by atoms with Crippen LogP contribution in [0.5, 0.6) is 0 Å². The Morgan fingerprint density at radius 1 is 1.24 bits per heavy atom. The number of carbonyl (C=O) groups is 2. The van der Waals surface area contributed by atoms with Gasteiger partial charge in [0.2, 0.25) is 0 Å². The second-order valence-electron chi connectivity index (χ2n) is 5.25. The van der Waals surface area contributed by atoms with Crippen LogP contribution in [0.4, 0.5) is 4.79 Å². The molecule has 1 aliphatic rings. The molecule has 1 atom stereocenters. The number of carboxylic acids is 1. The van der Waals surface area contributed by atoms with E-state index in [0.29, 0.717) is 32.3 Å². The Bertz CT molecular complexity index is 320. The highest BCUT2D eigenvalue weighted by molar-refractivity contribution is 5.75. The molecule has 0 heterocycles. The summed E-state index contributed by atoms with van der Waals surface area (Å²) in [6.07, 6.45) is 3.68. The molecule has 21 heavy (non-hydrogen) atoms. The van der Waals surface area contributed by atoms with Crippen molar-refractivity contribution in [1.29, 1.82) is 0 Å². The standard InChI is InChI=1S/C14H26N2O5/c1-20-8-9-21-7-3-2-6-15-14(19)16-12(10-13(17)18)11-4-5-11/h11-12H,2-10H2,1H3,(H,17,18)(H2,15,16,19). The monoisotopic (exact) mass is 302 g/mol. The molecule has 3 N–H and O–H groups in total. The van der Waals surface area contributed by atoms with Crippen LogP contribution in [0.3, 0.4) is 0 Å². The van der Waals surface area contributed by atoms with Gasteiger partial charge in [-0.1, -0.05) is 0 Å². The van der Waals surface area contributed by atoms with Crippen LogP contribution in [-0.2, 0) is 14.3 Å². The van der Waals surface area contributed by atoms with E-state index in [4.69, 9.17) is 14.6 Å². The molecule has 0 radical (unpaired) electrons. The first kappa shape index (κ1) is 17.7. The number of hydrogen-bond donors (Lipinski definition) is 3. The van der Waals surface area contributed by atoms with Crippen molar-refractivity contribution in [2.75, 3.05) is 33.5 Å². The maximum Gasteiger partial charge on any atom is 0.315 e. The lowest BCUT2D eigenvalue weighted by molar-refractivity contribution is -0.137. The summed E-state index contributed by atoms with van der Waals surface area (Å²) in [6, 6.07) is -0.534. The van der Waals surface area contributed by atoms with Crippen LogP contribution in [0, 0.1) is 5.92 Å². The quantitative estimate of drug-likeness (QED) is 0.467. The van der Waals surface area contributed by atoms with E-state index in [1.54, 1.807) is 7.11 Å². The average Bonchev–Trinajstić information content (AvgIpc) is 3.25. The zero-order valence-electron chi connectivity index (χ0n) is 12.6. The molecule has 0 saturated heterocycles. The SMILES string of the molecule is COCCOCCCCNC(=O)NC(CC(=O)O)C1CC1. The van der Waals surface area contributed by atoms with Crippen LogP contribution in [-0.4, -0.2) is 56.6 Å². The fourth-order valence-corrected chi connectivity index (χ4v) is 2.02. The molecule has 7 heteroatoms. The third-order valence-corrected chi connectivity index (χ3v) is 3.33. The zero-order valence-corrected chi connectivity index (χ0v) is 12.6. The molecule has 0 spiro atoms. The minimum Gasteiger partial charge on any atom is -0.481 e. The molecule has 122 valence electrons. The topological polar surface area (TPSA) is 96.9 Å². The van der Waals surface area contributed by atoms with Gasteiger partial charge < -0.3 is 25.2 Å². The van der Waals surface area contributed by atoms with Crippen LogP contribution < -0.4 is 10.6 Å². The molecule has 1 aliphatic carbocycles. The zero-order chi connectivity index (χ0) is 15.5. The molecule has 0 aromatic carbocycles. The lowest BCUT2D eigenvalue weighted by Crippen LogP contribution is -2.44. The van der Waals surface area contributed by atoms with Crippen LogP contribution in [0.25, 0.3) is 0 Å². The highest BCUT2D eigenvalue weighted by Crippen LogP contribution is 2.33. The summed E-state index contributed by atoms with van der Waals surface area (Å²) in [4.78, 5) is 22.4. The predicted molar refractivity (Wildman–Crippen MR) is 77.2 cm³/mol. The summed E-state index contributed by atoms with van der Waals surface area (Å²) in [6.45, 7) is 2.38. The van der Waals surface area contributed by atoms with Crippen LogP contribution >= 0.6 is 0 Å². The Balaban J connectivity index is 2.01. The molecule has 1 rings (SSSR count). The Morgan fingerprint density at radius 3 is 2.62 bits per heavy atom. The van der Waals surface area contributed by atoms with E-state index in [1.165, 1.54) is 0 Å². The highest BCUT2D eigenvalue weighted by atomic mass is 16.5. The molecule has 0 aromatic heterocycles. The molecule has 7 nitrogen and oxygen atoms in total. The lowest BCUT2D eigenvalue weighted by atomic mass is 10.1. The van der Waals surface area contributed by atoms with Gasteiger partial charge in [-0.3, -0.25) is 4.79 Å². The number of aliphatic carboxylic acids is 1. The summed E-state index contributed by atoms with van der Waals surface area (Å²) < 4.78 is 10.2. The van der Waals surface area contributed by atoms with E-state index in [1.807, 2.05) is 0 Å². The number of hydrogen-bond acceptors (Lipinski definition) is 4. The predicted octanol–water partition coefficient (Wildman–Crippen LogP) is 0.982. The van der Waals surface area contributed by atoms with Crippen molar-refractivity contribution < 1.29 is 24.2 Å². The van der Waals surface area contributed by atoms with E-state index in [0.717, 1.165) is 25.7 Å². The van der Waals surface area contributed by atoms with Gasteiger partial charge in [0.05, 0.1) is 19.6 Å². The Morgan fingerprint density at radius 2 is 2.00 bits per heavy atom. The van der Waals surface area contributed by atoms with Crippen molar-refractivity contribution in [3.05, 3.63) is 0 Å². The first-order chi connectivity index (χ1) is 10.1. The third kappa shape index (κ3) is 9.25. The number of carboxylic acid groups (broad SMARTS) is 1. The summed E-state index contributed by atoms with van der Waals surface area (Å²) in [5.41, 5.74) is 0. The van der Waals surface area contributed by atoms with Gasteiger partial charge in [0, 0.05) is 26.3 Å². The van der Waals surface area contributed by atoms with Crippen LogP contribution in [0.2, 0.25) is 0 Å². The van der Waals surface area contributed by atoms with Gasteiger partial charge in [0.15, 0.2) is 0 Å². The van der Waals surface area contributed by atoms with E-state index in [-0.39, 0.29) is 18.5 Å². The molecular weight excluding hydrogens is 276 g/mol. The third-order valence-electron chi connectivity index (χ3n) is 3.33. The van der Waals surface area contributed by atoms with Crippen molar-refractivity contribution in [3.63, 3.8) is 0 Å². The normalized spacial score (nSPS) is 15.5.